The number of allylic oxidation sites excluding steroid dienone is 1. The van der Waals surface area contributed by atoms with Gasteiger partial charge < -0.3 is 19.5 Å². The SMILES string of the molecule is COC(=O)C1=C(C(=O)OC)N(Cc2ccccc2)C(O)(c2ccccc2)C1=CC(=O)c1ccccc1. The minimum Gasteiger partial charge on any atom is -0.465 e. The second-order valence-corrected chi connectivity index (χ2v) is 8.11. The van der Waals surface area contributed by atoms with Gasteiger partial charge in [0.1, 0.15) is 5.70 Å². The molecule has 0 aromatic heterocycles. The molecule has 3 aromatic rings. The maximum atomic E-state index is 13.3. The number of hydrogen-bond acceptors (Lipinski definition) is 7. The highest BCUT2D eigenvalue weighted by Crippen LogP contribution is 2.48. The third-order valence-corrected chi connectivity index (χ3v) is 6.00. The summed E-state index contributed by atoms with van der Waals surface area (Å²) in [6.45, 7) is 0.0357. The zero-order valence-corrected chi connectivity index (χ0v) is 19.9. The molecule has 36 heavy (non-hydrogen) atoms. The molecule has 7 heteroatoms. The first-order valence-electron chi connectivity index (χ1n) is 11.2. The lowest BCUT2D eigenvalue weighted by atomic mass is 9.89. The van der Waals surface area contributed by atoms with Gasteiger partial charge in [0, 0.05) is 23.2 Å². The van der Waals surface area contributed by atoms with Crippen molar-refractivity contribution in [1.29, 1.82) is 0 Å². The summed E-state index contributed by atoms with van der Waals surface area (Å²) in [5.74, 6) is -2.18. The Bertz CT molecular complexity index is 1330. The van der Waals surface area contributed by atoms with E-state index >= 15 is 0 Å². The Kier molecular flexibility index (Phi) is 7.12. The lowest BCUT2D eigenvalue weighted by Crippen LogP contribution is -2.44. The molecule has 1 N–H and O–H groups in total. The number of ether oxygens (including phenoxy) is 2. The van der Waals surface area contributed by atoms with Crippen LogP contribution in [0.15, 0.2) is 114 Å². The lowest BCUT2D eigenvalue weighted by molar-refractivity contribution is -0.142. The Labute approximate surface area is 208 Å². The fourth-order valence-corrected chi connectivity index (χ4v) is 4.29. The number of ketones is 1. The molecular formula is C29H25NO6. The molecule has 0 fully saturated rings. The molecule has 1 atom stereocenters. The predicted molar refractivity (Wildman–Crippen MR) is 132 cm³/mol. The normalized spacial score (nSPS) is 18.3. The van der Waals surface area contributed by atoms with E-state index in [1.54, 1.807) is 60.7 Å². The average molecular weight is 484 g/mol. The van der Waals surface area contributed by atoms with Crippen LogP contribution >= 0.6 is 0 Å². The minimum absolute atomic E-state index is 0.0357. The second kappa shape index (κ2) is 10.4. The standard InChI is InChI=1S/C29H25NO6/c1-35-27(32)25-23(18-24(31)21-14-8-4-9-15-21)29(34,22-16-10-5-11-17-22)30(26(25)28(33)36-2)19-20-12-6-3-7-13-20/h3-18,34H,19H2,1-2H3. The summed E-state index contributed by atoms with van der Waals surface area (Å²) in [5, 5.41) is 12.4. The van der Waals surface area contributed by atoms with Crippen LogP contribution in [-0.2, 0) is 31.3 Å². The zero-order chi connectivity index (χ0) is 25.7. The molecule has 0 amide bonds. The van der Waals surface area contributed by atoms with E-state index in [-0.39, 0.29) is 23.4 Å². The fraction of sp³-hybridized carbons (Fsp3) is 0.138. The minimum atomic E-state index is -2.06. The molecular weight excluding hydrogens is 458 g/mol. The van der Waals surface area contributed by atoms with Gasteiger partial charge in [-0.3, -0.25) is 4.79 Å². The molecule has 182 valence electrons. The van der Waals surface area contributed by atoms with Crippen molar-refractivity contribution >= 4 is 17.7 Å². The van der Waals surface area contributed by atoms with Crippen LogP contribution in [0, 0.1) is 0 Å². The van der Waals surface area contributed by atoms with Gasteiger partial charge in [0.05, 0.1) is 19.8 Å². The third kappa shape index (κ3) is 4.44. The largest absolute Gasteiger partial charge is 0.465 e. The molecule has 7 nitrogen and oxygen atoms in total. The van der Waals surface area contributed by atoms with Gasteiger partial charge in [0.2, 0.25) is 0 Å². The molecule has 0 radical (unpaired) electrons. The molecule has 3 aromatic carbocycles. The van der Waals surface area contributed by atoms with Crippen molar-refractivity contribution in [3.8, 4) is 0 Å². The highest BCUT2D eigenvalue weighted by Gasteiger charge is 2.54. The smallest absolute Gasteiger partial charge is 0.355 e. The molecule has 0 saturated carbocycles. The number of nitrogens with zero attached hydrogens (tertiary/aromatic N) is 1. The maximum Gasteiger partial charge on any atom is 0.355 e. The van der Waals surface area contributed by atoms with Crippen LogP contribution < -0.4 is 0 Å². The summed E-state index contributed by atoms with van der Waals surface area (Å²) in [6.07, 6.45) is 1.18. The summed E-state index contributed by atoms with van der Waals surface area (Å²) < 4.78 is 10.0. The van der Waals surface area contributed by atoms with E-state index in [1.807, 2.05) is 30.3 Å². The summed E-state index contributed by atoms with van der Waals surface area (Å²) in [6, 6.07) is 26.1. The highest BCUT2D eigenvalue weighted by atomic mass is 16.5. The summed E-state index contributed by atoms with van der Waals surface area (Å²) >= 11 is 0. The van der Waals surface area contributed by atoms with E-state index in [0.29, 0.717) is 11.1 Å². The Morgan fingerprint density at radius 1 is 0.806 bits per heavy atom. The topological polar surface area (TPSA) is 93.1 Å². The van der Waals surface area contributed by atoms with Crippen molar-refractivity contribution in [2.45, 2.75) is 12.3 Å². The number of methoxy groups -OCH3 is 2. The number of aliphatic hydroxyl groups is 1. The van der Waals surface area contributed by atoms with Crippen LogP contribution in [-0.4, -0.2) is 41.9 Å². The molecule has 0 aliphatic carbocycles. The Morgan fingerprint density at radius 3 is 1.89 bits per heavy atom. The third-order valence-electron chi connectivity index (χ3n) is 6.00. The van der Waals surface area contributed by atoms with E-state index in [9.17, 15) is 19.5 Å². The first-order valence-corrected chi connectivity index (χ1v) is 11.2. The molecule has 1 aliphatic rings. The highest BCUT2D eigenvalue weighted by molar-refractivity contribution is 6.10. The Balaban J connectivity index is 2.03. The van der Waals surface area contributed by atoms with Crippen LogP contribution in [0.3, 0.4) is 0 Å². The van der Waals surface area contributed by atoms with E-state index in [1.165, 1.54) is 25.2 Å². The van der Waals surface area contributed by atoms with Crippen molar-refractivity contribution in [3.05, 3.63) is 131 Å². The first kappa shape index (κ1) is 24.6. The Hall–Kier alpha value is -4.49. The molecule has 1 heterocycles. The van der Waals surface area contributed by atoms with Crippen LogP contribution in [0.5, 0.6) is 0 Å². The van der Waals surface area contributed by atoms with Gasteiger partial charge in [-0.2, -0.15) is 0 Å². The van der Waals surface area contributed by atoms with Gasteiger partial charge in [0.15, 0.2) is 11.5 Å². The van der Waals surface area contributed by atoms with Gasteiger partial charge in [-0.15, -0.1) is 0 Å². The van der Waals surface area contributed by atoms with E-state index < -0.39 is 23.4 Å². The zero-order valence-electron chi connectivity index (χ0n) is 19.9. The summed E-state index contributed by atoms with van der Waals surface area (Å²) in [4.78, 5) is 40.9. The Morgan fingerprint density at radius 2 is 1.33 bits per heavy atom. The quantitative estimate of drug-likeness (QED) is 0.311. The maximum absolute atomic E-state index is 13.3. The molecule has 1 unspecified atom stereocenters. The fourth-order valence-electron chi connectivity index (χ4n) is 4.29. The average Bonchev–Trinajstić information content (AvgIpc) is 3.17. The van der Waals surface area contributed by atoms with E-state index in [0.717, 1.165) is 5.56 Å². The number of carbonyl (C=O) groups is 3. The first-order chi connectivity index (χ1) is 17.4. The number of hydrogen-bond donors (Lipinski definition) is 1. The number of esters is 2. The van der Waals surface area contributed by atoms with Crippen LogP contribution in [0.4, 0.5) is 0 Å². The van der Waals surface area contributed by atoms with Crippen molar-refractivity contribution in [2.75, 3.05) is 14.2 Å². The molecule has 0 bridgehead atoms. The van der Waals surface area contributed by atoms with E-state index in [4.69, 9.17) is 9.47 Å². The molecule has 0 saturated heterocycles. The number of benzene rings is 3. The van der Waals surface area contributed by atoms with E-state index in [2.05, 4.69) is 0 Å². The monoisotopic (exact) mass is 483 g/mol. The van der Waals surface area contributed by atoms with Crippen molar-refractivity contribution in [1.82, 2.24) is 4.90 Å². The van der Waals surface area contributed by atoms with Crippen LogP contribution in [0.1, 0.15) is 21.5 Å². The van der Waals surface area contributed by atoms with Gasteiger partial charge in [0.25, 0.3) is 0 Å². The van der Waals surface area contributed by atoms with Gasteiger partial charge in [-0.25, -0.2) is 9.59 Å². The number of rotatable bonds is 7. The van der Waals surface area contributed by atoms with Gasteiger partial charge in [-0.1, -0.05) is 91.0 Å². The van der Waals surface area contributed by atoms with Crippen molar-refractivity contribution < 1.29 is 29.0 Å². The summed E-state index contributed by atoms with van der Waals surface area (Å²) in [7, 11) is 2.35. The predicted octanol–water partition coefficient (Wildman–Crippen LogP) is 3.76. The van der Waals surface area contributed by atoms with Crippen molar-refractivity contribution in [2.24, 2.45) is 0 Å². The second-order valence-electron chi connectivity index (χ2n) is 8.11. The molecule has 4 rings (SSSR count). The van der Waals surface area contributed by atoms with Crippen LogP contribution in [0.2, 0.25) is 0 Å². The van der Waals surface area contributed by atoms with Crippen molar-refractivity contribution in [3.63, 3.8) is 0 Å². The van der Waals surface area contributed by atoms with Crippen LogP contribution in [0.25, 0.3) is 0 Å². The van der Waals surface area contributed by atoms with Gasteiger partial charge in [-0.05, 0) is 11.6 Å². The molecule has 0 spiro atoms. The molecule has 1 aliphatic heterocycles. The van der Waals surface area contributed by atoms with Gasteiger partial charge >= 0.3 is 11.9 Å². The summed E-state index contributed by atoms with van der Waals surface area (Å²) in [5.41, 5.74) is -1.12. The lowest BCUT2D eigenvalue weighted by Gasteiger charge is -2.38. The number of carbonyl (C=O) groups excluding carboxylic acids is 3.